The lowest BCUT2D eigenvalue weighted by molar-refractivity contribution is 0.0786. The molecule has 6 heteroatoms. The van der Waals surface area contributed by atoms with Crippen LogP contribution in [0, 0.1) is 0 Å². The third-order valence-corrected chi connectivity index (χ3v) is 4.42. The summed E-state index contributed by atoms with van der Waals surface area (Å²) in [7, 11) is 1.94. The summed E-state index contributed by atoms with van der Waals surface area (Å²) in [4.78, 5) is 9.04. The summed E-state index contributed by atoms with van der Waals surface area (Å²) < 4.78 is 1.92. The van der Waals surface area contributed by atoms with Gasteiger partial charge in [-0.25, -0.2) is 9.97 Å². The monoisotopic (exact) mass is 321 g/mol. The first-order valence-electron chi connectivity index (χ1n) is 7.77. The molecule has 24 heavy (non-hydrogen) atoms. The van der Waals surface area contributed by atoms with E-state index in [0.29, 0.717) is 17.0 Å². The average molecular weight is 321 g/mol. The quantitative estimate of drug-likeness (QED) is 0.529. The largest absolute Gasteiger partial charge is 0.396 e. The Morgan fingerprint density at radius 3 is 2.58 bits per heavy atom. The normalized spacial score (nSPS) is 12.3. The molecule has 0 fully saturated rings. The molecule has 0 spiro atoms. The third-order valence-electron chi connectivity index (χ3n) is 4.42. The Kier molecular flexibility index (Phi) is 2.95. The molecule has 122 valence electrons. The number of hydrogen-bond donors (Lipinski definition) is 3. The van der Waals surface area contributed by atoms with Gasteiger partial charge in [-0.05, 0) is 19.4 Å². The smallest absolute Gasteiger partial charge is 0.164 e. The number of nitrogens with zero attached hydrogens (tertiary/aromatic N) is 3. The van der Waals surface area contributed by atoms with Crippen LogP contribution in [0.1, 0.15) is 19.4 Å². The minimum atomic E-state index is -0.874. The third kappa shape index (κ3) is 2.07. The number of aliphatic hydroxyl groups is 1. The van der Waals surface area contributed by atoms with Crippen molar-refractivity contribution < 1.29 is 5.11 Å². The summed E-state index contributed by atoms with van der Waals surface area (Å²) in [6.45, 7) is 3.52. The highest BCUT2D eigenvalue weighted by Gasteiger charge is 2.19. The number of benzene rings is 1. The van der Waals surface area contributed by atoms with Crippen molar-refractivity contribution in [3.8, 4) is 11.3 Å². The molecule has 1 aromatic carbocycles. The van der Waals surface area contributed by atoms with Crippen LogP contribution in [0.4, 0.5) is 5.69 Å². The molecule has 0 saturated carbocycles. The summed E-state index contributed by atoms with van der Waals surface area (Å²) in [6.07, 6.45) is 3.69. The number of nitrogens with one attached hydrogen (secondary N) is 1. The molecule has 0 bridgehead atoms. The number of anilines is 1. The molecule has 3 heterocycles. The van der Waals surface area contributed by atoms with Crippen LogP contribution in [-0.4, -0.2) is 24.9 Å². The van der Waals surface area contributed by atoms with Gasteiger partial charge in [0.05, 0.1) is 27.9 Å². The van der Waals surface area contributed by atoms with Gasteiger partial charge >= 0.3 is 0 Å². The summed E-state index contributed by atoms with van der Waals surface area (Å²) in [6, 6.07) is 7.65. The molecular weight excluding hydrogens is 302 g/mol. The first kappa shape index (κ1) is 14.7. The maximum Gasteiger partial charge on any atom is 0.164 e. The van der Waals surface area contributed by atoms with E-state index in [1.54, 1.807) is 20.0 Å². The topological polar surface area (TPSA) is 92.8 Å². The predicted molar refractivity (Wildman–Crippen MR) is 95.5 cm³/mol. The van der Waals surface area contributed by atoms with E-state index in [1.165, 1.54) is 0 Å². The van der Waals surface area contributed by atoms with Gasteiger partial charge < -0.3 is 15.9 Å². The van der Waals surface area contributed by atoms with Crippen LogP contribution >= 0.6 is 0 Å². The zero-order chi connectivity index (χ0) is 17.1. The second-order valence-corrected chi connectivity index (χ2v) is 6.60. The van der Waals surface area contributed by atoms with Crippen LogP contribution in [0.3, 0.4) is 0 Å². The first-order valence-corrected chi connectivity index (χ1v) is 7.77. The molecule has 0 aliphatic carbocycles. The Balaban J connectivity index is 1.93. The van der Waals surface area contributed by atoms with E-state index >= 15 is 0 Å². The molecular formula is C18H19N5O. The molecule has 0 unspecified atom stereocenters. The second kappa shape index (κ2) is 4.82. The van der Waals surface area contributed by atoms with Crippen molar-refractivity contribution in [3.05, 3.63) is 42.2 Å². The van der Waals surface area contributed by atoms with Gasteiger partial charge in [0.2, 0.25) is 0 Å². The number of fused-ring (bicyclic) bond motifs is 3. The molecule has 4 aromatic rings. The standard InChI is InChI=1S/C18H19N5O/c1-18(2,24)12-6-4-10(5-7-12)15-14(19)13-16-11(9-21-23(16)3)8-20-17(13)22-15/h4-9,21,24H,19H2,1-3H3. The van der Waals surface area contributed by atoms with Crippen molar-refractivity contribution in [2.24, 2.45) is 7.05 Å². The molecule has 6 nitrogen and oxygen atoms in total. The number of nitrogens with two attached hydrogens (primary N) is 1. The lowest BCUT2D eigenvalue weighted by atomic mass is 9.96. The zero-order valence-corrected chi connectivity index (χ0v) is 13.8. The van der Waals surface area contributed by atoms with Crippen molar-refractivity contribution >= 4 is 27.6 Å². The van der Waals surface area contributed by atoms with E-state index in [-0.39, 0.29) is 0 Å². The molecule has 0 aliphatic heterocycles. The van der Waals surface area contributed by atoms with Crippen LogP contribution in [0.2, 0.25) is 0 Å². The maximum absolute atomic E-state index is 10.1. The zero-order valence-electron chi connectivity index (χ0n) is 13.8. The van der Waals surface area contributed by atoms with Gasteiger partial charge in [0.1, 0.15) is 0 Å². The van der Waals surface area contributed by atoms with E-state index in [4.69, 9.17) is 5.73 Å². The minimum absolute atomic E-state index is 0.620. The van der Waals surface area contributed by atoms with Crippen molar-refractivity contribution in [2.75, 3.05) is 5.73 Å². The number of nitrogen functional groups attached to an aromatic ring is 1. The number of aromatic amines is 1. The van der Waals surface area contributed by atoms with Crippen LogP contribution < -0.4 is 5.73 Å². The summed E-state index contributed by atoms with van der Waals surface area (Å²) >= 11 is 0. The highest BCUT2D eigenvalue weighted by Crippen LogP contribution is 2.36. The van der Waals surface area contributed by atoms with Crippen molar-refractivity contribution in [3.63, 3.8) is 0 Å². The number of pyridine rings is 1. The van der Waals surface area contributed by atoms with Crippen molar-refractivity contribution in [1.29, 1.82) is 0 Å². The highest BCUT2D eigenvalue weighted by atomic mass is 16.3. The van der Waals surface area contributed by atoms with Gasteiger partial charge in [0.15, 0.2) is 5.65 Å². The lowest BCUT2D eigenvalue weighted by Crippen LogP contribution is -2.14. The fourth-order valence-corrected chi connectivity index (χ4v) is 3.08. The van der Waals surface area contributed by atoms with E-state index < -0.39 is 5.60 Å². The molecule has 0 aliphatic rings. The van der Waals surface area contributed by atoms with E-state index in [1.807, 2.05) is 42.2 Å². The van der Waals surface area contributed by atoms with E-state index in [2.05, 4.69) is 15.1 Å². The molecule has 3 aromatic heterocycles. The average Bonchev–Trinajstić information content (AvgIpc) is 3.08. The molecule has 0 saturated heterocycles. The molecule has 0 amide bonds. The Labute approximate surface area is 138 Å². The van der Waals surface area contributed by atoms with Gasteiger partial charge in [0.25, 0.3) is 0 Å². The van der Waals surface area contributed by atoms with Gasteiger partial charge in [-0.15, -0.1) is 0 Å². The van der Waals surface area contributed by atoms with Crippen LogP contribution in [0.15, 0.2) is 36.7 Å². The highest BCUT2D eigenvalue weighted by molar-refractivity contribution is 6.12. The van der Waals surface area contributed by atoms with Crippen LogP contribution in [0.5, 0.6) is 0 Å². The summed E-state index contributed by atoms with van der Waals surface area (Å²) in [5.74, 6) is 0. The fraction of sp³-hybridized carbons (Fsp3) is 0.222. The number of aryl methyl sites for hydroxylation is 1. The van der Waals surface area contributed by atoms with Gasteiger partial charge in [-0.3, -0.25) is 4.68 Å². The molecule has 4 rings (SSSR count). The summed E-state index contributed by atoms with van der Waals surface area (Å²) in [5.41, 5.74) is 10.3. The first-order chi connectivity index (χ1) is 11.4. The van der Waals surface area contributed by atoms with Gasteiger partial charge in [-0.1, -0.05) is 24.3 Å². The SMILES string of the molecule is Cn1[nH]cc2cnc3nc(-c4ccc(C(C)(C)O)cc4)c(N)c3c21. The van der Waals surface area contributed by atoms with Crippen LogP contribution in [0.25, 0.3) is 33.2 Å². The lowest BCUT2D eigenvalue weighted by Gasteiger charge is -2.17. The van der Waals surface area contributed by atoms with Gasteiger partial charge in [-0.2, -0.15) is 0 Å². The fourth-order valence-electron chi connectivity index (χ4n) is 3.08. The predicted octanol–water partition coefficient (Wildman–Crippen LogP) is 2.93. The Morgan fingerprint density at radius 1 is 1.21 bits per heavy atom. The number of hydrogen-bond acceptors (Lipinski definition) is 4. The Bertz CT molecular complexity index is 1050. The molecule has 0 atom stereocenters. The molecule has 4 N–H and O–H groups in total. The second-order valence-electron chi connectivity index (χ2n) is 6.60. The van der Waals surface area contributed by atoms with Crippen molar-refractivity contribution in [1.82, 2.24) is 19.7 Å². The molecule has 0 radical (unpaired) electrons. The van der Waals surface area contributed by atoms with E-state index in [0.717, 1.165) is 27.4 Å². The Morgan fingerprint density at radius 2 is 1.92 bits per heavy atom. The number of aromatic nitrogens is 4. The number of H-pyrrole nitrogens is 1. The van der Waals surface area contributed by atoms with Crippen LogP contribution in [-0.2, 0) is 12.6 Å². The van der Waals surface area contributed by atoms with Crippen molar-refractivity contribution in [2.45, 2.75) is 19.4 Å². The minimum Gasteiger partial charge on any atom is -0.396 e. The number of rotatable bonds is 2. The summed E-state index contributed by atoms with van der Waals surface area (Å²) in [5, 5.41) is 15.1. The van der Waals surface area contributed by atoms with Gasteiger partial charge in [0, 0.05) is 30.4 Å². The maximum atomic E-state index is 10.1. The Hall–Kier alpha value is -2.86. The van der Waals surface area contributed by atoms with E-state index in [9.17, 15) is 5.11 Å².